The monoisotopic (exact) mass is 421 g/mol. The zero-order chi connectivity index (χ0) is 21.5. The first kappa shape index (κ1) is 21.9. The van der Waals surface area contributed by atoms with Crippen LogP contribution in [0.5, 0.6) is 5.75 Å². The molecule has 0 aliphatic rings. The van der Waals surface area contributed by atoms with Crippen LogP contribution in [0.15, 0.2) is 76.8 Å². The van der Waals surface area contributed by atoms with E-state index in [2.05, 4.69) is 34.3 Å². The number of amides is 1. The normalized spacial score (nSPS) is 11.9. The van der Waals surface area contributed by atoms with Crippen molar-refractivity contribution >= 4 is 17.7 Å². The number of methoxy groups -OCH3 is 1. The fourth-order valence-electron chi connectivity index (χ4n) is 3.09. The highest BCUT2D eigenvalue weighted by Gasteiger charge is 2.18. The number of nitrogens with one attached hydrogen (secondary N) is 1. The van der Waals surface area contributed by atoms with E-state index in [0.717, 1.165) is 16.2 Å². The van der Waals surface area contributed by atoms with Gasteiger partial charge in [-0.3, -0.25) is 4.79 Å². The molecule has 0 spiro atoms. The Labute approximate surface area is 182 Å². The van der Waals surface area contributed by atoms with Crippen LogP contribution in [-0.4, -0.2) is 43.5 Å². The number of carbonyl (C=O) groups excluding carboxylic acids is 1. The molecule has 156 valence electrons. The second-order valence-corrected chi connectivity index (χ2v) is 8.30. The maximum atomic E-state index is 13.0. The van der Waals surface area contributed by atoms with Crippen molar-refractivity contribution in [2.24, 2.45) is 0 Å². The van der Waals surface area contributed by atoms with Gasteiger partial charge >= 0.3 is 0 Å². The molecule has 1 N–H and O–H groups in total. The summed E-state index contributed by atoms with van der Waals surface area (Å²) in [6.45, 7) is 2.53. The van der Waals surface area contributed by atoms with Crippen LogP contribution in [0.1, 0.15) is 27.5 Å². The lowest BCUT2D eigenvalue weighted by molar-refractivity contribution is 0.0938. The third-order valence-corrected chi connectivity index (χ3v) is 5.84. The molecule has 1 heterocycles. The highest BCUT2D eigenvalue weighted by atomic mass is 32.2. The topological polar surface area (TPSA) is 54.5 Å². The van der Waals surface area contributed by atoms with E-state index in [0.29, 0.717) is 17.1 Å². The summed E-state index contributed by atoms with van der Waals surface area (Å²) in [7, 11) is 5.65. The molecular weight excluding hydrogens is 394 g/mol. The quantitative estimate of drug-likeness (QED) is 0.577. The molecule has 0 saturated carbocycles. The Bertz CT molecular complexity index is 990. The summed E-state index contributed by atoms with van der Waals surface area (Å²) in [5.41, 5.74) is 2.86. The van der Waals surface area contributed by atoms with E-state index in [9.17, 15) is 4.79 Å². The van der Waals surface area contributed by atoms with E-state index >= 15 is 0 Å². The van der Waals surface area contributed by atoms with Crippen molar-refractivity contribution in [3.8, 4) is 5.75 Å². The highest BCUT2D eigenvalue weighted by molar-refractivity contribution is 7.99. The van der Waals surface area contributed by atoms with Gasteiger partial charge in [-0.2, -0.15) is 0 Å². The minimum Gasteiger partial charge on any atom is -0.497 e. The zero-order valence-electron chi connectivity index (χ0n) is 17.8. The van der Waals surface area contributed by atoms with Gasteiger partial charge < -0.3 is 15.0 Å². The van der Waals surface area contributed by atoms with Crippen LogP contribution >= 0.6 is 11.8 Å². The molecular formula is C24H27N3O2S. The van der Waals surface area contributed by atoms with E-state index in [1.165, 1.54) is 17.3 Å². The molecule has 1 atom stereocenters. The molecule has 0 fully saturated rings. The molecule has 1 amide bonds. The molecule has 0 bridgehead atoms. The Kier molecular flexibility index (Phi) is 7.49. The molecule has 5 nitrogen and oxygen atoms in total. The fraction of sp³-hybridized carbons (Fsp3) is 0.250. The number of aryl methyl sites for hydroxylation is 1. The molecule has 3 aromatic rings. The first-order valence-electron chi connectivity index (χ1n) is 9.76. The molecule has 0 saturated heterocycles. The molecule has 0 aliphatic carbocycles. The number of hydrogen-bond acceptors (Lipinski definition) is 5. The lowest BCUT2D eigenvalue weighted by Crippen LogP contribution is -2.34. The third kappa shape index (κ3) is 5.62. The standard InChI is InChI=1S/C24H27N3O2S/c1-17-10-12-20(13-11-17)30-24-21(9-6-14-25-24)23(28)26-16-22(27(2)3)18-7-5-8-19(15-18)29-4/h5-15,22H,16H2,1-4H3,(H,26,28)/t22-/m0/s1. The van der Waals surface area contributed by atoms with Crippen LogP contribution in [-0.2, 0) is 0 Å². The van der Waals surface area contributed by atoms with Crippen LogP contribution < -0.4 is 10.1 Å². The van der Waals surface area contributed by atoms with Gasteiger partial charge in [-0.1, -0.05) is 41.6 Å². The molecule has 2 aromatic carbocycles. The summed E-state index contributed by atoms with van der Waals surface area (Å²) in [6, 6.07) is 19.7. The summed E-state index contributed by atoms with van der Waals surface area (Å²) in [6.07, 6.45) is 1.71. The average molecular weight is 422 g/mol. The van der Waals surface area contributed by atoms with E-state index < -0.39 is 0 Å². The molecule has 0 radical (unpaired) electrons. The fourth-order valence-corrected chi connectivity index (χ4v) is 3.97. The molecule has 6 heteroatoms. The Morgan fingerprint density at radius 2 is 1.90 bits per heavy atom. The van der Waals surface area contributed by atoms with Crippen molar-refractivity contribution in [3.63, 3.8) is 0 Å². The minimum atomic E-state index is -0.132. The van der Waals surface area contributed by atoms with Gasteiger partial charge in [-0.25, -0.2) is 4.98 Å². The summed E-state index contributed by atoms with van der Waals surface area (Å²) in [5.74, 6) is 0.669. The number of benzene rings is 2. The lowest BCUT2D eigenvalue weighted by atomic mass is 10.1. The van der Waals surface area contributed by atoms with Crippen LogP contribution in [0.25, 0.3) is 0 Å². The third-order valence-electron chi connectivity index (χ3n) is 4.81. The zero-order valence-corrected chi connectivity index (χ0v) is 18.6. The van der Waals surface area contributed by atoms with Crippen LogP contribution in [0, 0.1) is 6.92 Å². The van der Waals surface area contributed by atoms with Crippen LogP contribution in [0.3, 0.4) is 0 Å². The van der Waals surface area contributed by atoms with Gasteiger partial charge in [-0.15, -0.1) is 0 Å². The summed E-state index contributed by atoms with van der Waals surface area (Å²) >= 11 is 1.49. The van der Waals surface area contributed by atoms with Crippen LogP contribution in [0.2, 0.25) is 0 Å². The summed E-state index contributed by atoms with van der Waals surface area (Å²) < 4.78 is 5.34. The average Bonchev–Trinajstić information content (AvgIpc) is 2.75. The summed E-state index contributed by atoms with van der Waals surface area (Å²) in [4.78, 5) is 20.6. The Morgan fingerprint density at radius 3 is 2.60 bits per heavy atom. The van der Waals surface area contributed by atoms with Gasteiger partial charge in [0.25, 0.3) is 5.91 Å². The molecule has 30 heavy (non-hydrogen) atoms. The maximum absolute atomic E-state index is 13.0. The molecule has 3 rings (SSSR count). The van der Waals surface area contributed by atoms with Gasteiger partial charge in [0.1, 0.15) is 10.8 Å². The van der Waals surface area contributed by atoms with Crippen molar-refractivity contribution in [1.82, 2.24) is 15.2 Å². The number of aromatic nitrogens is 1. The van der Waals surface area contributed by atoms with E-state index in [1.54, 1.807) is 19.4 Å². The number of hydrogen-bond donors (Lipinski definition) is 1. The number of rotatable bonds is 8. The Balaban J connectivity index is 1.74. The predicted molar refractivity (Wildman–Crippen MR) is 121 cm³/mol. The largest absolute Gasteiger partial charge is 0.497 e. The minimum absolute atomic E-state index is 0.0222. The van der Waals surface area contributed by atoms with Gasteiger partial charge in [-0.05, 0) is 63.0 Å². The number of nitrogens with zero attached hydrogens (tertiary/aromatic N) is 2. The van der Waals surface area contributed by atoms with Gasteiger partial charge in [0, 0.05) is 17.6 Å². The van der Waals surface area contributed by atoms with E-state index in [4.69, 9.17) is 4.74 Å². The SMILES string of the molecule is COc1cccc([C@H](CNC(=O)c2cccnc2Sc2ccc(C)cc2)N(C)C)c1. The highest BCUT2D eigenvalue weighted by Crippen LogP contribution is 2.29. The van der Waals surface area contributed by atoms with E-state index in [1.807, 2.05) is 56.6 Å². The maximum Gasteiger partial charge on any atom is 0.254 e. The van der Waals surface area contributed by atoms with Crippen LogP contribution in [0.4, 0.5) is 0 Å². The van der Waals surface area contributed by atoms with Crippen molar-refractivity contribution < 1.29 is 9.53 Å². The first-order chi connectivity index (χ1) is 14.5. The number of ether oxygens (including phenoxy) is 1. The number of carbonyl (C=O) groups is 1. The van der Waals surface area contributed by atoms with Crippen molar-refractivity contribution in [2.45, 2.75) is 22.9 Å². The summed E-state index contributed by atoms with van der Waals surface area (Å²) in [5, 5.41) is 3.77. The number of pyridine rings is 1. The van der Waals surface area contributed by atoms with Crippen molar-refractivity contribution in [3.05, 3.63) is 83.6 Å². The Hall–Kier alpha value is -2.83. The number of likely N-dealkylation sites (N-methyl/N-ethyl adjacent to an activating group) is 1. The lowest BCUT2D eigenvalue weighted by Gasteiger charge is -2.25. The second-order valence-electron chi connectivity index (χ2n) is 7.24. The van der Waals surface area contributed by atoms with Gasteiger partial charge in [0.05, 0.1) is 18.7 Å². The van der Waals surface area contributed by atoms with Crippen molar-refractivity contribution in [1.29, 1.82) is 0 Å². The molecule has 0 aliphatic heterocycles. The molecule has 0 unspecified atom stereocenters. The molecule has 1 aromatic heterocycles. The van der Waals surface area contributed by atoms with E-state index in [-0.39, 0.29) is 11.9 Å². The second kappa shape index (κ2) is 10.3. The van der Waals surface area contributed by atoms with Crippen molar-refractivity contribution in [2.75, 3.05) is 27.7 Å². The Morgan fingerprint density at radius 1 is 1.13 bits per heavy atom. The smallest absolute Gasteiger partial charge is 0.254 e. The first-order valence-corrected chi connectivity index (χ1v) is 10.6. The predicted octanol–water partition coefficient (Wildman–Crippen LogP) is 4.58. The van der Waals surface area contributed by atoms with Gasteiger partial charge in [0.15, 0.2) is 0 Å². The van der Waals surface area contributed by atoms with Gasteiger partial charge in [0.2, 0.25) is 0 Å².